The van der Waals surface area contributed by atoms with Gasteiger partial charge in [0.25, 0.3) is 15.9 Å². The molecule has 4 aromatic rings. The molecule has 10 nitrogen and oxygen atoms in total. The summed E-state index contributed by atoms with van der Waals surface area (Å²) in [4.78, 5) is 15.2. The minimum atomic E-state index is -5.05. The van der Waals surface area contributed by atoms with Gasteiger partial charge in [0.1, 0.15) is 0 Å². The van der Waals surface area contributed by atoms with Crippen LogP contribution in [0.3, 0.4) is 0 Å². The average Bonchev–Trinajstić information content (AvgIpc) is 2.94. The zero-order chi connectivity index (χ0) is 32.7. The van der Waals surface area contributed by atoms with Crippen LogP contribution in [0.4, 0.5) is 5.82 Å². The molecule has 0 bridgehead atoms. The maximum atomic E-state index is 13.6. The van der Waals surface area contributed by atoms with Crippen molar-refractivity contribution >= 4 is 15.8 Å². The molecule has 0 radical (unpaired) electrons. The average molecular weight is 490 g/mol. The minimum Gasteiger partial charge on any atom is -0.493 e. The molecule has 0 atom stereocenters. The van der Waals surface area contributed by atoms with Gasteiger partial charge < -0.3 is 14.2 Å². The van der Waals surface area contributed by atoms with Crippen LogP contribution in [0.1, 0.15) is 19.3 Å². The largest absolute Gasteiger partial charge is 0.493 e. The maximum Gasteiger partial charge on any atom is 0.280 e. The van der Waals surface area contributed by atoms with E-state index in [-0.39, 0.29) is 11.5 Å². The molecule has 34 heavy (non-hydrogen) atoms. The smallest absolute Gasteiger partial charge is 0.280 e. The van der Waals surface area contributed by atoms with Gasteiger partial charge in [0.05, 0.1) is 23.8 Å². The van der Waals surface area contributed by atoms with Crippen LogP contribution in [-0.4, -0.2) is 42.6 Å². The summed E-state index contributed by atoms with van der Waals surface area (Å²) in [5.41, 5.74) is -1.39. The Morgan fingerprint density at radius 3 is 2.47 bits per heavy atom. The molecular weight excluding hydrogens is 458 g/mol. The zero-order valence-corrected chi connectivity index (χ0v) is 18.4. The number of hydrogen-bond donors (Lipinski definition) is 1. The topological polar surface area (TPSA) is 125 Å². The van der Waals surface area contributed by atoms with E-state index in [9.17, 15) is 8.42 Å². The number of pyridine rings is 2. The molecular formula is C23H21N5O5S. The van der Waals surface area contributed by atoms with Crippen molar-refractivity contribution in [2.24, 2.45) is 0 Å². The van der Waals surface area contributed by atoms with Gasteiger partial charge in [-0.15, -0.1) is 0 Å². The molecule has 0 fully saturated rings. The fourth-order valence-electron chi connectivity index (χ4n) is 2.57. The molecule has 0 aliphatic heterocycles. The first kappa shape index (κ1) is 13.5. The van der Waals surface area contributed by atoms with Crippen LogP contribution >= 0.6 is 0 Å². The Kier molecular flexibility index (Phi) is 3.84. The SMILES string of the molecule is [2H]c1nc([2H])c([2H])c(-c2nc(NS(=O)(=O)c3nc([2H])c(C([2H])([2H])[2H])c([2H])c3[2H])c(Oc3ccccc3OC)c(OC)n2)c1[2H]. The number of nitrogens with one attached hydrogen (secondary N) is 1. The molecule has 1 aromatic carbocycles. The third-order valence-corrected chi connectivity index (χ3v) is 5.22. The molecule has 0 amide bonds. The number of aromatic nitrogens is 4. The lowest BCUT2D eigenvalue weighted by molar-refractivity contribution is 0.348. The number of methoxy groups -OCH3 is 2. The van der Waals surface area contributed by atoms with E-state index in [1.165, 1.54) is 19.2 Å². The van der Waals surface area contributed by atoms with Gasteiger partial charge in [-0.1, -0.05) is 18.2 Å². The van der Waals surface area contributed by atoms with Gasteiger partial charge in [0, 0.05) is 28.2 Å². The van der Waals surface area contributed by atoms with Gasteiger partial charge in [-0.2, -0.15) is 13.4 Å². The van der Waals surface area contributed by atoms with Crippen LogP contribution in [0.5, 0.6) is 23.1 Å². The standard InChI is InChI=1S/C23H21N5O5S/c1-15-8-9-19(25-14-15)34(29,30)28-22-20(33-18-7-5-4-6-17(18)31-2)23(32-3)27-21(26-22)16-10-12-24-13-11-16/h4-14H,1-3H3,(H,26,27,28)/i1D3,8D,9D,10D,11D,12D,13D,14D. The first-order chi connectivity index (χ1) is 20.5. The van der Waals surface area contributed by atoms with Gasteiger partial charge >= 0.3 is 0 Å². The first-order valence-corrected chi connectivity index (χ1v) is 10.7. The Morgan fingerprint density at radius 1 is 1.00 bits per heavy atom. The van der Waals surface area contributed by atoms with Crippen LogP contribution in [0.25, 0.3) is 11.4 Å². The minimum absolute atomic E-state index is 0.0292. The van der Waals surface area contributed by atoms with Crippen molar-refractivity contribution in [3.05, 3.63) is 72.5 Å². The number of sulfonamides is 1. The molecule has 0 aliphatic carbocycles. The highest BCUT2D eigenvalue weighted by molar-refractivity contribution is 7.92. The molecule has 4 rings (SSSR count). The lowest BCUT2D eigenvalue weighted by atomic mass is 10.2. The number of nitrogens with zero attached hydrogens (tertiary/aromatic N) is 4. The summed E-state index contributed by atoms with van der Waals surface area (Å²) in [6.07, 6.45) is -2.45. The van der Waals surface area contributed by atoms with E-state index in [1.54, 1.807) is 12.1 Å². The van der Waals surface area contributed by atoms with E-state index in [1.807, 2.05) is 4.72 Å². The predicted octanol–water partition coefficient (Wildman–Crippen LogP) is 3.85. The van der Waals surface area contributed by atoms with Crippen molar-refractivity contribution in [1.29, 1.82) is 0 Å². The quantitative estimate of drug-likeness (QED) is 0.393. The number of anilines is 1. The summed E-state index contributed by atoms with van der Waals surface area (Å²) in [6.45, 7) is -3.03. The molecule has 1 N–H and O–H groups in total. The Morgan fingerprint density at radius 2 is 1.76 bits per heavy atom. The van der Waals surface area contributed by atoms with Crippen molar-refractivity contribution in [3.63, 3.8) is 0 Å². The van der Waals surface area contributed by atoms with E-state index in [2.05, 4.69) is 19.9 Å². The van der Waals surface area contributed by atoms with Crippen LogP contribution in [0.15, 0.2) is 72.0 Å². The van der Waals surface area contributed by atoms with Gasteiger partial charge in [0.2, 0.25) is 5.75 Å². The van der Waals surface area contributed by atoms with Gasteiger partial charge in [-0.25, -0.2) is 9.97 Å². The molecule has 11 heteroatoms. The van der Waals surface area contributed by atoms with E-state index >= 15 is 0 Å². The molecule has 0 spiro atoms. The zero-order valence-electron chi connectivity index (χ0n) is 27.5. The highest BCUT2D eigenvalue weighted by Crippen LogP contribution is 2.41. The van der Waals surface area contributed by atoms with E-state index in [0.717, 1.165) is 7.11 Å². The van der Waals surface area contributed by atoms with Crippen LogP contribution in [0.2, 0.25) is 0 Å². The summed E-state index contributed by atoms with van der Waals surface area (Å²) in [7, 11) is -2.57. The van der Waals surface area contributed by atoms with E-state index in [4.69, 9.17) is 27.9 Å². The normalized spacial score (nSPS) is 15.6. The van der Waals surface area contributed by atoms with E-state index < -0.39 is 99.0 Å². The number of hydrogen-bond acceptors (Lipinski definition) is 9. The Balaban J connectivity index is 2.00. The van der Waals surface area contributed by atoms with Gasteiger partial charge in [-0.3, -0.25) is 9.71 Å². The third-order valence-electron chi connectivity index (χ3n) is 4.06. The highest BCUT2D eigenvalue weighted by atomic mass is 32.2. The van der Waals surface area contributed by atoms with Crippen LogP contribution in [-0.2, 0) is 10.0 Å². The summed E-state index contributed by atoms with van der Waals surface area (Å²) in [5.74, 6) is -1.99. The summed E-state index contributed by atoms with van der Waals surface area (Å²) >= 11 is 0. The van der Waals surface area contributed by atoms with Crippen molar-refractivity contribution < 1.29 is 36.3 Å². The molecule has 0 unspecified atom stereocenters. The Hall–Kier alpha value is -4.25. The fourth-order valence-corrected chi connectivity index (χ4v) is 3.42. The van der Waals surface area contributed by atoms with Crippen LogP contribution < -0.4 is 18.9 Å². The van der Waals surface area contributed by atoms with Crippen molar-refractivity contribution in [1.82, 2.24) is 19.9 Å². The lowest BCUT2D eigenvalue weighted by Gasteiger charge is -2.17. The third kappa shape index (κ3) is 4.89. The second-order valence-electron chi connectivity index (χ2n) is 6.21. The van der Waals surface area contributed by atoms with Gasteiger partial charge in [0.15, 0.2) is 28.2 Å². The van der Waals surface area contributed by atoms with Crippen LogP contribution in [0, 0.1) is 6.85 Å². The molecule has 3 aromatic heterocycles. The van der Waals surface area contributed by atoms with Crippen molar-refractivity contribution in [2.75, 3.05) is 18.9 Å². The molecule has 3 heterocycles. The molecule has 174 valence electrons. The van der Waals surface area contributed by atoms with Crippen molar-refractivity contribution in [3.8, 4) is 34.5 Å². The maximum absolute atomic E-state index is 13.6. The Bertz CT molecular complexity index is 1870. The van der Waals surface area contributed by atoms with Crippen molar-refractivity contribution in [2.45, 2.75) is 11.9 Å². The molecule has 0 saturated carbocycles. The number of para-hydroxylation sites is 2. The first-order valence-electron chi connectivity index (χ1n) is 14.2. The van der Waals surface area contributed by atoms with E-state index in [0.29, 0.717) is 0 Å². The summed E-state index contributed by atoms with van der Waals surface area (Å²) in [6, 6.07) is 2.67. The predicted molar refractivity (Wildman–Crippen MR) is 125 cm³/mol. The van der Waals surface area contributed by atoms with Gasteiger partial charge in [-0.05, 0) is 42.7 Å². The number of benzene rings is 1. The summed E-state index contributed by atoms with van der Waals surface area (Å²) < 4.78 is 125. The second kappa shape index (κ2) is 9.71. The number of ether oxygens (including phenoxy) is 3. The molecule has 0 aliphatic rings. The second-order valence-corrected chi connectivity index (χ2v) is 7.80. The Labute approximate surface area is 210 Å². The highest BCUT2D eigenvalue weighted by Gasteiger charge is 2.25. The lowest BCUT2D eigenvalue weighted by Crippen LogP contribution is -2.17. The number of rotatable bonds is 8. The fraction of sp³-hybridized carbons (Fsp3) is 0.130. The summed E-state index contributed by atoms with van der Waals surface area (Å²) in [5, 5.41) is -1.18. The monoisotopic (exact) mass is 489 g/mol. The molecule has 0 saturated heterocycles.